The van der Waals surface area contributed by atoms with Gasteiger partial charge in [0.1, 0.15) is 5.82 Å². The Morgan fingerprint density at radius 1 is 1.50 bits per heavy atom. The first kappa shape index (κ1) is 18.5. The van der Waals surface area contributed by atoms with Crippen molar-refractivity contribution in [3.05, 3.63) is 47.5 Å². The smallest absolute Gasteiger partial charge is 0.358 e. The van der Waals surface area contributed by atoms with Crippen molar-refractivity contribution in [1.29, 1.82) is 0 Å². The van der Waals surface area contributed by atoms with Crippen molar-refractivity contribution >= 4 is 17.7 Å². The molecular weight excluding hydrogens is 331 g/mol. The Morgan fingerprint density at radius 3 is 2.83 bits per heavy atom. The molecule has 1 aromatic heterocycles. The van der Waals surface area contributed by atoms with E-state index in [1.807, 2.05) is 13.8 Å². The summed E-state index contributed by atoms with van der Waals surface area (Å²) < 4.78 is 19.4. The summed E-state index contributed by atoms with van der Waals surface area (Å²) in [5.41, 5.74) is 0.713. The Morgan fingerprint density at radius 2 is 2.21 bits per heavy atom. The first-order valence-corrected chi connectivity index (χ1v) is 8.39. The summed E-state index contributed by atoms with van der Waals surface area (Å²) in [6, 6.07) is 5.89. The molecule has 5 nitrogen and oxygen atoms in total. The summed E-state index contributed by atoms with van der Waals surface area (Å²) in [7, 11) is 1.77. The third-order valence-corrected chi connectivity index (χ3v) is 4.81. The number of aromatic nitrogens is 2. The van der Waals surface area contributed by atoms with Gasteiger partial charge in [-0.3, -0.25) is 0 Å². The lowest BCUT2D eigenvalue weighted by molar-refractivity contribution is 0.0519. The minimum atomic E-state index is -0.902. The molecule has 1 unspecified atom stereocenters. The van der Waals surface area contributed by atoms with E-state index in [9.17, 15) is 14.3 Å². The van der Waals surface area contributed by atoms with Crippen LogP contribution in [-0.2, 0) is 11.8 Å². The standard InChI is InChI=1S/C17H21FN2O3S/c1-5-23-15(22)13-10-20(4)16(19-13)24-17(2,3)14(21)11-7-6-8-12(18)9-11/h6-10,14,21H,5H2,1-4H3. The van der Waals surface area contributed by atoms with Crippen molar-refractivity contribution in [2.45, 2.75) is 36.8 Å². The van der Waals surface area contributed by atoms with Crippen LogP contribution in [0.15, 0.2) is 35.6 Å². The van der Waals surface area contributed by atoms with E-state index in [-0.39, 0.29) is 12.3 Å². The van der Waals surface area contributed by atoms with E-state index in [2.05, 4.69) is 4.98 Å². The maximum absolute atomic E-state index is 13.4. The number of hydrogen-bond acceptors (Lipinski definition) is 5. The van der Waals surface area contributed by atoms with Crippen LogP contribution >= 0.6 is 11.8 Å². The van der Waals surface area contributed by atoms with E-state index in [0.717, 1.165) is 0 Å². The fourth-order valence-electron chi connectivity index (χ4n) is 2.22. The molecule has 2 rings (SSSR count). The second-order valence-corrected chi connectivity index (χ2v) is 7.52. The van der Waals surface area contributed by atoms with E-state index in [0.29, 0.717) is 10.7 Å². The Kier molecular flexibility index (Phi) is 5.66. The molecule has 0 spiro atoms. The van der Waals surface area contributed by atoms with E-state index in [1.54, 1.807) is 36.9 Å². The number of ether oxygens (including phenoxy) is 1. The fraction of sp³-hybridized carbons (Fsp3) is 0.412. The zero-order valence-corrected chi connectivity index (χ0v) is 14.9. The lowest BCUT2D eigenvalue weighted by Gasteiger charge is -2.29. The van der Waals surface area contributed by atoms with Gasteiger partial charge in [0.15, 0.2) is 10.9 Å². The number of nitrogens with zero attached hydrogens (tertiary/aromatic N) is 2. The van der Waals surface area contributed by atoms with Crippen LogP contribution in [0.25, 0.3) is 0 Å². The van der Waals surface area contributed by atoms with Crippen molar-refractivity contribution in [2.75, 3.05) is 6.61 Å². The summed E-state index contributed by atoms with van der Waals surface area (Å²) in [4.78, 5) is 16.0. The number of esters is 1. The molecular formula is C17H21FN2O3S. The molecule has 0 aliphatic rings. The predicted molar refractivity (Wildman–Crippen MR) is 90.5 cm³/mol. The minimum absolute atomic E-state index is 0.220. The summed E-state index contributed by atoms with van der Waals surface area (Å²) in [6.07, 6.45) is 0.686. The van der Waals surface area contributed by atoms with Gasteiger partial charge in [-0.2, -0.15) is 0 Å². The third kappa shape index (κ3) is 4.15. The average Bonchev–Trinajstić information content (AvgIpc) is 2.87. The molecule has 0 amide bonds. The van der Waals surface area contributed by atoms with Crippen molar-refractivity contribution in [1.82, 2.24) is 9.55 Å². The molecule has 0 fully saturated rings. The average molecular weight is 352 g/mol. The lowest BCUT2D eigenvalue weighted by Crippen LogP contribution is -2.26. The summed E-state index contributed by atoms with van der Waals surface area (Å²) in [5.74, 6) is -0.877. The van der Waals surface area contributed by atoms with Gasteiger partial charge < -0.3 is 14.4 Å². The molecule has 0 aliphatic carbocycles. The largest absolute Gasteiger partial charge is 0.461 e. The second kappa shape index (κ2) is 7.36. The molecule has 1 aromatic carbocycles. The van der Waals surface area contributed by atoms with Crippen LogP contribution in [0, 0.1) is 5.82 Å². The van der Waals surface area contributed by atoms with Gasteiger partial charge >= 0.3 is 5.97 Å². The molecule has 0 saturated heterocycles. The Bertz CT molecular complexity index is 730. The van der Waals surface area contributed by atoms with E-state index in [4.69, 9.17) is 4.74 Å². The van der Waals surface area contributed by atoms with E-state index in [1.165, 1.54) is 23.9 Å². The molecule has 1 heterocycles. The van der Waals surface area contributed by atoms with Gasteiger partial charge in [-0.15, -0.1) is 0 Å². The maximum atomic E-state index is 13.4. The first-order valence-electron chi connectivity index (χ1n) is 7.57. The van der Waals surface area contributed by atoms with E-state index >= 15 is 0 Å². The summed E-state index contributed by atoms with van der Waals surface area (Å²) in [5, 5.41) is 11.2. The zero-order chi connectivity index (χ0) is 17.9. The number of benzene rings is 1. The third-order valence-electron chi connectivity index (χ3n) is 3.50. The summed E-state index contributed by atoms with van der Waals surface area (Å²) in [6.45, 7) is 5.69. The number of hydrogen-bond donors (Lipinski definition) is 1. The fourth-order valence-corrected chi connectivity index (χ4v) is 3.28. The zero-order valence-electron chi connectivity index (χ0n) is 14.1. The molecule has 130 valence electrons. The van der Waals surface area contributed by atoms with Crippen LogP contribution in [0.4, 0.5) is 4.39 Å². The van der Waals surface area contributed by atoms with Gasteiger partial charge in [-0.05, 0) is 38.5 Å². The SMILES string of the molecule is CCOC(=O)c1cn(C)c(SC(C)(C)C(O)c2cccc(F)c2)n1. The highest BCUT2D eigenvalue weighted by atomic mass is 32.2. The molecule has 1 N–H and O–H groups in total. The number of carbonyl (C=O) groups excluding carboxylic acids is 1. The Labute approximate surface area is 144 Å². The van der Waals surface area contributed by atoms with Crippen LogP contribution < -0.4 is 0 Å². The number of aliphatic hydroxyl groups excluding tert-OH is 1. The Hall–Kier alpha value is -1.86. The van der Waals surface area contributed by atoms with E-state index < -0.39 is 22.6 Å². The number of aliphatic hydroxyl groups is 1. The molecule has 7 heteroatoms. The number of imidazole rings is 1. The number of rotatable bonds is 6. The van der Waals surface area contributed by atoms with Crippen LogP contribution in [-0.4, -0.2) is 32.0 Å². The molecule has 24 heavy (non-hydrogen) atoms. The van der Waals surface area contributed by atoms with Gasteiger partial charge in [0.05, 0.1) is 12.7 Å². The Balaban J connectivity index is 2.21. The van der Waals surface area contributed by atoms with Gasteiger partial charge in [-0.1, -0.05) is 23.9 Å². The lowest BCUT2D eigenvalue weighted by atomic mass is 9.98. The van der Waals surface area contributed by atoms with Crippen molar-refractivity contribution in [3.63, 3.8) is 0 Å². The number of thioether (sulfide) groups is 1. The highest BCUT2D eigenvalue weighted by molar-refractivity contribution is 8.00. The van der Waals surface area contributed by atoms with Gasteiger partial charge in [0.2, 0.25) is 0 Å². The number of halogens is 1. The minimum Gasteiger partial charge on any atom is -0.461 e. The van der Waals surface area contributed by atoms with Crippen molar-refractivity contribution in [2.24, 2.45) is 7.05 Å². The molecule has 1 atom stereocenters. The number of aryl methyl sites for hydroxylation is 1. The highest BCUT2D eigenvalue weighted by Crippen LogP contribution is 2.41. The van der Waals surface area contributed by atoms with Crippen molar-refractivity contribution in [3.8, 4) is 0 Å². The van der Waals surface area contributed by atoms with Crippen LogP contribution in [0.5, 0.6) is 0 Å². The second-order valence-electron chi connectivity index (χ2n) is 5.90. The first-order chi connectivity index (χ1) is 11.2. The van der Waals surface area contributed by atoms with Gasteiger partial charge in [0.25, 0.3) is 0 Å². The van der Waals surface area contributed by atoms with Crippen LogP contribution in [0.1, 0.15) is 42.9 Å². The van der Waals surface area contributed by atoms with Crippen LogP contribution in [0.2, 0.25) is 0 Å². The molecule has 0 bridgehead atoms. The summed E-state index contributed by atoms with van der Waals surface area (Å²) >= 11 is 1.31. The van der Waals surface area contributed by atoms with Crippen LogP contribution in [0.3, 0.4) is 0 Å². The molecule has 0 aliphatic heterocycles. The monoisotopic (exact) mass is 352 g/mol. The quantitative estimate of drug-likeness (QED) is 0.638. The normalized spacial score (nSPS) is 12.9. The number of carbonyl (C=O) groups is 1. The topological polar surface area (TPSA) is 64.3 Å². The molecule has 0 radical (unpaired) electrons. The molecule has 0 saturated carbocycles. The maximum Gasteiger partial charge on any atom is 0.358 e. The molecule has 2 aromatic rings. The van der Waals surface area contributed by atoms with Gasteiger partial charge in [0, 0.05) is 18.0 Å². The van der Waals surface area contributed by atoms with Crippen molar-refractivity contribution < 1.29 is 19.0 Å². The predicted octanol–water partition coefficient (Wildman–Crippen LogP) is 3.34. The highest BCUT2D eigenvalue weighted by Gasteiger charge is 2.32. The van der Waals surface area contributed by atoms with Gasteiger partial charge in [-0.25, -0.2) is 14.2 Å².